The molecule has 0 saturated heterocycles. The Balaban J connectivity index is 2.35. The molecule has 0 N–H and O–H groups in total. The molecule has 100 valence electrons. The van der Waals surface area contributed by atoms with Crippen LogP contribution in [0.15, 0.2) is 31.7 Å². The average molecular weight is 453 g/mol. The van der Waals surface area contributed by atoms with E-state index in [2.05, 4.69) is 57.8 Å². The van der Waals surface area contributed by atoms with Crippen LogP contribution in [0.1, 0.15) is 5.82 Å². The van der Waals surface area contributed by atoms with E-state index >= 15 is 0 Å². The third-order valence-electron chi connectivity index (χ3n) is 2.20. The maximum atomic E-state index is 5.74. The van der Waals surface area contributed by atoms with E-state index < -0.39 is 0 Å². The molecule has 0 aliphatic heterocycles. The molecule has 0 atom stereocenters. The number of methoxy groups -OCH3 is 1. The zero-order valence-electron chi connectivity index (χ0n) is 10.1. The summed E-state index contributed by atoms with van der Waals surface area (Å²) in [6.45, 7) is 1.80. The predicted octanol–water partition coefficient (Wildman–Crippen LogP) is 4.87. The summed E-state index contributed by atoms with van der Waals surface area (Å²) in [5.74, 6) is 2.46. The first-order valence-electron chi connectivity index (χ1n) is 5.21. The topological polar surface area (TPSA) is 44.2 Å². The number of aryl methyl sites for hydroxylation is 1. The number of aromatic nitrogens is 2. The number of hydrogen-bond donors (Lipinski definition) is 0. The number of halogens is 3. The second kappa shape index (κ2) is 6.19. The van der Waals surface area contributed by atoms with Crippen molar-refractivity contribution in [1.29, 1.82) is 0 Å². The van der Waals surface area contributed by atoms with E-state index in [1.807, 2.05) is 12.1 Å². The fraction of sp³-hybridized carbons (Fsp3) is 0.167. The lowest BCUT2D eigenvalue weighted by molar-refractivity contribution is 0.408. The highest BCUT2D eigenvalue weighted by atomic mass is 79.9. The van der Waals surface area contributed by atoms with Gasteiger partial charge in [0, 0.05) is 6.07 Å². The summed E-state index contributed by atoms with van der Waals surface area (Å²) in [6, 6.07) is 5.34. The van der Waals surface area contributed by atoms with Crippen LogP contribution in [0.25, 0.3) is 0 Å². The maximum absolute atomic E-state index is 5.74. The standard InChI is InChI=1S/C12H9Br3N2O2/c1-6-16-11(15)5-12(17-6)19-10-4-7(13)9(18-2)3-8(10)14/h3-5H,1-2H3. The van der Waals surface area contributed by atoms with Crippen LogP contribution in [-0.4, -0.2) is 17.1 Å². The lowest BCUT2D eigenvalue weighted by Crippen LogP contribution is -1.94. The molecule has 1 aromatic carbocycles. The molecule has 7 heteroatoms. The molecule has 1 aromatic heterocycles. The summed E-state index contributed by atoms with van der Waals surface area (Å²) in [5.41, 5.74) is 0. The van der Waals surface area contributed by atoms with Gasteiger partial charge in [0.15, 0.2) is 0 Å². The fourth-order valence-corrected chi connectivity index (χ4v) is 2.76. The van der Waals surface area contributed by atoms with E-state index in [1.54, 1.807) is 20.1 Å². The van der Waals surface area contributed by atoms with Gasteiger partial charge in [-0.3, -0.25) is 0 Å². The van der Waals surface area contributed by atoms with E-state index in [0.717, 1.165) is 14.7 Å². The molecule has 19 heavy (non-hydrogen) atoms. The Morgan fingerprint density at radius 2 is 1.58 bits per heavy atom. The van der Waals surface area contributed by atoms with E-state index in [0.29, 0.717) is 22.1 Å². The summed E-state index contributed by atoms with van der Waals surface area (Å²) in [4.78, 5) is 8.34. The van der Waals surface area contributed by atoms with Crippen molar-refractivity contribution in [1.82, 2.24) is 9.97 Å². The summed E-state index contributed by atoms with van der Waals surface area (Å²) in [5, 5.41) is 0. The average Bonchev–Trinajstić information content (AvgIpc) is 2.32. The minimum Gasteiger partial charge on any atom is -0.496 e. The van der Waals surface area contributed by atoms with Gasteiger partial charge in [0.05, 0.1) is 16.1 Å². The Morgan fingerprint density at radius 3 is 2.21 bits per heavy atom. The summed E-state index contributed by atoms with van der Waals surface area (Å²) in [7, 11) is 1.61. The SMILES string of the molecule is COc1cc(Br)c(Oc2cc(Br)nc(C)n2)cc1Br. The van der Waals surface area contributed by atoms with E-state index in [-0.39, 0.29) is 0 Å². The molecule has 0 bridgehead atoms. The van der Waals surface area contributed by atoms with Crippen LogP contribution in [-0.2, 0) is 0 Å². The minimum absolute atomic E-state index is 0.470. The zero-order chi connectivity index (χ0) is 14.0. The molecular weight excluding hydrogens is 444 g/mol. The van der Waals surface area contributed by atoms with Crippen molar-refractivity contribution in [2.24, 2.45) is 0 Å². The van der Waals surface area contributed by atoms with Crippen molar-refractivity contribution in [2.75, 3.05) is 7.11 Å². The van der Waals surface area contributed by atoms with Crippen LogP contribution in [0, 0.1) is 6.92 Å². The van der Waals surface area contributed by atoms with Gasteiger partial charge in [0.1, 0.15) is 21.9 Å². The largest absolute Gasteiger partial charge is 0.496 e. The predicted molar refractivity (Wildman–Crippen MR) is 82.9 cm³/mol. The molecule has 0 amide bonds. The van der Waals surface area contributed by atoms with Gasteiger partial charge in [0.25, 0.3) is 0 Å². The van der Waals surface area contributed by atoms with Gasteiger partial charge in [-0.1, -0.05) is 0 Å². The quantitative estimate of drug-likeness (QED) is 0.623. The Kier molecular flexibility index (Phi) is 4.81. The summed E-state index contributed by atoms with van der Waals surface area (Å²) < 4.78 is 13.2. The first-order valence-corrected chi connectivity index (χ1v) is 7.59. The number of rotatable bonds is 3. The Morgan fingerprint density at radius 1 is 0.947 bits per heavy atom. The lowest BCUT2D eigenvalue weighted by Gasteiger charge is -2.10. The summed E-state index contributed by atoms with van der Waals surface area (Å²) >= 11 is 10.2. The third-order valence-corrected chi connectivity index (χ3v) is 3.85. The molecule has 0 fully saturated rings. The van der Waals surface area contributed by atoms with Crippen LogP contribution < -0.4 is 9.47 Å². The highest BCUT2D eigenvalue weighted by molar-refractivity contribution is 9.11. The Bertz CT molecular complexity index is 600. The minimum atomic E-state index is 0.470. The van der Waals surface area contributed by atoms with Crippen LogP contribution in [0.5, 0.6) is 17.4 Å². The van der Waals surface area contributed by atoms with Crippen molar-refractivity contribution in [3.05, 3.63) is 37.6 Å². The molecule has 1 heterocycles. The van der Waals surface area contributed by atoms with Gasteiger partial charge < -0.3 is 9.47 Å². The molecule has 2 aromatic rings. The van der Waals surface area contributed by atoms with Crippen LogP contribution in [0.2, 0.25) is 0 Å². The van der Waals surface area contributed by atoms with Gasteiger partial charge in [-0.25, -0.2) is 4.98 Å². The third kappa shape index (κ3) is 3.67. The van der Waals surface area contributed by atoms with Gasteiger partial charge in [0.2, 0.25) is 5.88 Å². The van der Waals surface area contributed by atoms with Crippen molar-refractivity contribution in [2.45, 2.75) is 6.92 Å². The van der Waals surface area contributed by atoms with Crippen molar-refractivity contribution < 1.29 is 9.47 Å². The maximum Gasteiger partial charge on any atom is 0.223 e. The molecule has 2 rings (SSSR count). The van der Waals surface area contributed by atoms with Crippen LogP contribution in [0.4, 0.5) is 0 Å². The monoisotopic (exact) mass is 450 g/mol. The van der Waals surface area contributed by atoms with Gasteiger partial charge in [-0.05, 0) is 66.8 Å². The molecular formula is C12H9Br3N2O2. The lowest BCUT2D eigenvalue weighted by atomic mass is 10.3. The number of nitrogens with zero attached hydrogens (tertiary/aromatic N) is 2. The van der Waals surface area contributed by atoms with Crippen LogP contribution >= 0.6 is 47.8 Å². The first kappa shape index (κ1) is 14.7. The Labute approximate surface area is 135 Å². The molecule has 0 aliphatic rings. The second-order valence-corrected chi connectivity index (χ2v) is 6.12. The highest BCUT2D eigenvalue weighted by Crippen LogP contribution is 2.37. The molecule has 0 aliphatic carbocycles. The number of hydrogen-bond acceptors (Lipinski definition) is 4. The van der Waals surface area contributed by atoms with E-state index in [1.165, 1.54) is 0 Å². The fourth-order valence-electron chi connectivity index (χ4n) is 1.42. The normalized spacial score (nSPS) is 10.4. The second-order valence-electron chi connectivity index (χ2n) is 3.60. The van der Waals surface area contributed by atoms with Crippen molar-refractivity contribution >= 4 is 47.8 Å². The van der Waals surface area contributed by atoms with Crippen LogP contribution in [0.3, 0.4) is 0 Å². The smallest absolute Gasteiger partial charge is 0.223 e. The van der Waals surface area contributed by atoms with Gasteiger partial charge in [-0.2, -0.15) is 4.98 Å². The van der Waals surface area contributed by atoms with Gasteiger partial charge >= 0.3 is 0 Å². The highest BCUT2D eigenvalue weighted by Gasteiger charge is 2.10. The molecule has 0 radical (unpaired) electrons. The van der Waals surface area contributed by atoms with Crippen molar-refractivity contribution in [3.63, 3.8) is 0 Å². The molecule has 0 spiro atoms. The number of ether oxygens (including phenoxy) is 2. The zero-order valence-corrected chi connectivity index (χ0v) is 14.8. The van der Waals surface area contributed by atoms with Gasteiger partial charge in [-0.15, -0.1) is 0 Å². The number of benzene rings is 1. The van der Waals surface area contributed by atoms with E-state index in [4.69, 9.17) is 9.47 Å². The summed E-state index contributed by atoms with van der Waals surface area (Å²) in [6.07, 6.45) is 0. The molecule has 0 saturated carbocycles. The molecule has 0 unspecified atom stereocenters. The van der Waals surface area contributed by atoms with Crippen molar-refractivity contribution in [3.8, 4) is 17.4 Å². The Hall–Kier alpha value is -0.660. The first-order chi connectivity index (χ1) is 8.99. The molecule has 4 nitrogen and oxygen atoms in total. The van der Waals surface area contributed by atoms with E-state index in [9.17, 15) is 0 Å².